The maximum Gasteiger partial charge on any atom is 0.185 e. The van der Waals surface area contributed by atoms with Gasteiger partial charge in [0.15, 0.2) is 15.7 Å². The third kappa shape index (κ3) is 2.50. The van der Waals surface area contributed by atoms with Gasteiger partial charge in [-0.05, 0) is 35.7 Å². The molecule has 1 aliphatic carbocycles. The highest BCUT2D eigenvalue weighted by atomic mass is 32.2. The highest BCUT2D eigenvalue weighted by Gasteiger charge is 2.28. The molecule has 1 saturated carbocycles. The van der Waals surface area contributed by atoms with E-state index in [-0.39, 0.29) is 5.75 Å². The van der Waals surface area contributed by atoms with E-state index in [1.54, 1.807) is 12.1 Å². The number of aromatic nitrogens is 3. The van der Waals surface area contributed by atoms with Gasteiger partial charge in [0.25, 0.3) is 0 Å². The Morgan fingerprint density at radius 2 is 1.86 bits per heavy atom. The van der Waals surface area contributed by atoms with Gasteiger partial charge >= 0.3 is 0 Å². The first-order chi connectivity index (χ1) is 10.6. The quantitative estimate of drug-likeness (QED) is 0.803. The first-order valence-corrected chi connectivity index (χ1v) is 8.90. The van der Waals surface area contributed by atoms with Gasteiger partial charge in [-0.2, -0.15) is 5.10 Å². The normalized spacial score (nSPS) is 15.3. The summed E-state index contributed by atoms with van der Waals surface area (Å²) in [4.78, 5) is 4.61. The molecule has 1 N–H and O–H groups in total. The lowest BCUT2D eigenvalue weighted by molar-refractivity contribution is 0.594. The standard InChI is InChI=1S/C16H15N3O2S/c20-22(21,10-15-17-16(19-18-15)12-5-6-12)14-8-7-11-3-1-2-4-13(11)9-14/h1-4,7-9,12H,5-6,10H2,(H,17,18,19). The minimum absolute atomic E-state index is 0.148. The highest BCUT2D eigenvalue weighted by molar-refractivity contribution is 7.90. The SMILES string of the molecule is O=S(=O)(Cc1nc(C2CC2)n[nH]1)c1ccc2ccccc2c1. The molecule has 0 radical (unpaired) electrons. The number of hydrogen-bond donors (Lipinski definition) is 1. The second kappa shape index (κ2) is 4.91. The van der Waals surface area contributed by atoms with Gasteiger partial charge in [0.1, 0.15) is 11.6 Å². The van der Waals surface area contributed by atoms with Crippen LogP contribution in [0.25, 0.3) is 10.8 Å². The van der Waals surface area contributed by atoms with Crippen molar-refractivity contribution in [3.05, 3.63) is 54.1 Å². The third-order valence-corrected chi connectivity index (χ3v) is 5.52. The molecule has 2 aromatic carbocycles. The second-order valence-corrected chi connectivity index (χ2v) is 7.67. The number of aromatic amines is 1. The van der Waals surface area contributed by atoms with Gasteiger partial charge < -0.3 is 0 Å². The topological polar surface area (TPSA) is 75.7 Å². The first kappa shape index (κ1) is 13.5. The van der Waals surface area contributed by atoms with Crippen molar-refractivity contribution in [2.45, 2.75) is 29.4 Å². The maximum atomic E-state index is 12.6. The molecule has 1 aliphatic rings. The molecule has 4 rings (SSSR count). The molecule has 1 aromatic heterocycles. The molecule has 22 heavy (non-hydrogen) atoms. The molecule has 0 saturated heterocycles. The van der Waals surface area contributed by atoms with Crippen LogP contribution in [-0.2, 0) is 15.6 Å². The number of hydrogen-bond acceptors (Lipinski definition) is 4. The van der Waals surface area contributed by atoms with Crippen LogP contribution in [0, 0.1) is 0 Å². The molecule has 1 heterocycles. The van der Waals surface area contributed by atoms with Crippen molar-refractivity contribution in [3.8, 4) is 0 Å². The highest BCUT2D eigenvalue weighted by Crippen LogP contribution is 2.37. The molecule has 0 bridgehead atoms. The lowest BCUT2D eigenvalue weighted by atomic mass is 10.1. The summed E-state index contributed by atoms with van der Waals surface area (Å²) in [6.45, 7) is 0. The van der Waals surface area contributed by atoms with Crippen LogP contribution in [0.15, 0.2) is 47.4 Å². The van der Waals surface area contributed by atoms with Crippen LogP contribution >= 0.6 is 0 Å². The Balaban J connectivity index is 1.65. The summed E-state index contributed by atoms with van der Waals surface area (Å²) < 4.78 is 25.1. The minimum Gasteiger partial charge on any atom is -0.262 e. The molecule has 1 fully saturated rings. The van der Waals surface area contributed by atoms with Crippen molar-refractivity contribution in [3.63, 3.8) is 0 Å². The smallest absolute Gasteiger partial charge is 0.185 e. The Morgan fingerprint density at radius 3 is 2.64 bits per heavy atom. The zero-order chi connectivity index (χ0) is 15.2. The monoisotopic (exact) mass is 313 g/mol. The summed E-state index contributed by atoms with van der Waals surface area (Å²) in [7, 11) is -3.43. The molecule has 6 heteroatoms. The summed E-state index contributed by atoms with van der Waals surface area (Å²) in [6, 6.07) is 12.9. The third-order valence-electron chi connectivity index (χ3n) is 3.90. The Kier molecular flexibility index (Phi) is 3.00. The lowest BCUT2D eigenvalue weighted by Crippen LogP contribution is -2.06. The average Bonchev–Trinajstić information content (AvgIpc) is 3.27. The van der Waals surface area contributed by atoms with Crippen molar-refractivity contribution in [1.29, 1.82) is 0 Å². The summed E-state index contributed by atoms with van der Waals surface area (Å²) in [5, 5.41) is 8.80. The van der Waals surface area contributed by atoms with Crippen molar-refractivity contribution >= 4 is 20.6 Å². The molecular weight excluding hydrogens is 298 g/mol. The van der Waals surface area contributed by atoms with Crippen LogP contribution in [0.3, 0.4) is 0 Å². The lowest BCUT2D eigenvalue weighted by Gasteiger charge is -2.04. The predicted molar refractivity (Wildman–Crippen MR) is 83.2 cm³/mol. The zero-order valence-corrected chi connectivity index (χ0v) is 12.7. The number of benzene rings is 2. The summed E-state index contributed by atoms with van der Waals surface area (Å²) in [5.41, 5.74) is 0. The van der Waals surface area contributed by atoms with Gasteiger partial charge in [0.2, 0.25) is 0 Å². The Bertz CT molecular complexity index is 943. The van der Waals surface area contributed by atoms with E-state index < -0.39 is 9.84 Å². The summed E-state index contributed by atoms with van der Waals surface area (Å²) in [5.74, 6) is 1.41. The van der Waals surface area contributed by atoms with Crippen LogP contribution in [0.4, 0.5) is 0 Å². The van der Waals surface area contributed by atoms with Gasteiger partial charge in [-0.15, -0.1) is 0 Å². The van der Waals surface area contributed by atoms with Gasteiger partial charge in [0.05, 0.1) is 4.90 Å². The van der Waals surface area contributed by atoms with Crippen molar-refractivity contribution in [1.82, 2.24) is 15.2 Å². The fourth-order valence-corrected chi connectivity index (χ4v) is 3.76. The molecule has 0 spiro atoms. The van der Waals surface area contributed by atoms with Crippen LogP contribution in [-0.4, -0.2) is 23.6 Å². The van der Waals surface area contributed by atoms with Crippen molar-refractivity contribution < 1.29 is 8.42 Å². The molecule has 5 nitrogen and oxygen atoms in total. The zero-order valence-electron chi connectivity index (χ0n) is 11.9. The van der Waals surface area contributed by atoms with E-state index in [0.29, 0.717) is 16.6 Å². The van der Waals surface area contributed by atoms with E-state index in [1.165, 1.54) is 0 Å². The predicted octanol–water partition coefficient (Wildman–Crippen LogP) is 2.81. The molecule has 0 amide bonds. The number of nitrogens with one attached hydrogen (secondary N) is 1. The number of rotatable bonds is 4. The van der Waals surface area contributed by atoms with E-state index in [2.05, 4.69) is 15.2 Å². The van der Waals surface area contributed by atoms with Crippen LogP contribution in [0.5, 0.6) is 0 Å². The van der Waals surface area contributed by atoms with Gasteiger partial charge in [0, 0.05) is 5.92 Å². The van der Waals surface area contributed by atoms with E-state index in [1.807, 2.05) is 30.3 Å². The van der Waals surface area contributed by atoms with Crippen LogP contribution in [0.2, 0.25) is 0 Å². The minimum atomic E-state index is -3.43. The molecule has 0 unspecified atom stereocenters. The molecular formula is C16H15N3O2S. The first-order valence-electron chi connectivity index (χ1n) is 7.24. The van der Waals surface area contributed by atoms with E-state index in [0.717, 1.165) is 29.4 Å². The molecule has 0 aliphatic heterocycles. The average molecular weight is 313 g/mol. The number of H-pyrrole nitrogens is 1. The molecule has 3 aromatic rings. The van der Waals surface area contributed by atoms with E-state index in [9.17, 15) is 8.42 Å². The largest absolute Gasteiger partial charge is 0.262 e. The number of fused-ring (bicyclic) bond motifs is 1. The van der Waals surface area contributed by atoms with Gasteiger partial charge in [-0.3, -0.25) is 5.10 Å². The molecule has 0 atom stereocenters. The summed E-state index contributed by atoms with van der Waals surface area (Å²) in [6.07, 6.45) is 2.18. The van der Waals surface area contributed by atoms with Gasteiger partial charge in [-0.25, -0.2) is 13.4 Å². The Hall–Kier alpha value is -2.21. The maximum absolute atomic E-state index is 12.6. The van der Waals surface area contributed by atoms with Gasteiger partial charge in [-0.1, -0.05) is 30.3 Å². The van der Waals surface area contributed by atoms with E-state index >= 15 is 0 Å². The summed E-state index contributed by atoms with van der Waals surface area (Å²) >= 11 is 0. The van der Waals surface area contributed by atoms with Crippen molar-refractivity contribution in [2.75, 3.05) is 0 Å². The Labute approximate surface area is 128 Å². The number of sulfone groups is 1. The van der Waals surface area contributed by atoms with Crippen molar-refractivity contribution in [2.24, 2.45) is 0 Å². The second-order valence-electron chi connectivity index (χ2n) is 5.68. The van der Waals surface area contributed by atoms with E-state index in [4.69, 9.17) is 0 Å². The van der Waals surface area contributed by atoms with Crippen LogP contribution in [0.1, 0.15) is 30.4 Å². The molecule has 112 valence electrons. The fourth-order valence-electron chi connectivity index (χ4n) is 2.52. The fraction of sp³-hybridized carbons (Fsp3) is 0.250. The number of nitrogens with zero attached hydrogens (tertiary/aromatic N) is 2. The van der Waals surface area contributed by atoms with Crippen LogP contribution < -0.4 is 0 Å². The Morgan fingerprint density at radius 1 is 1.09 bits per heavy atom.